The Morgan fingerprint density at radius 1 is 1.00 bits per heavy atom. The van der Waals surface area contributed by atoms with E-state index in [4.69, 9.17) is 0 Å². The molecule has 0 aliphatic carbocycles. The average Bonchev–Trinajstić information content (AvgIpc) is 2.86. The molecule has 1 aromatic carbocycles. The fourth-order valence-corrected chi connectivity index (χ4v) is 2.71. The van der Waals surface area contributed by atoms with E-state index in [0.29, 0.717) is 0 Å². The van der Waals surface area contributed by atoms with Crippen molar-refractivity contribution in [2.75, 3.05) is 31.1 Å². The Kier molecular flexibility index (Phi) is 3.74. The zero-order valence-electron chi connectivity index (χ0n) is 11.8. The van der Waals surface area contributed by atoms with Crippen LogP contribution in [0.1, 0.15) is 5.69 Å². The monoisotopic (exact) mass is 273 g/mol. The molecule has 3 rings (SSSR count). The van der Waals surface area contributed by atoms with Crippen LogP contribution in [-0.4, -0.2) is 35.6 Å². The fourth-order valence-electron chi connectivity index (χ4n) is 2.71. The first-order chi connectivity index (χ1) is 9.72. The lowest BCUT2D eigenvalue weighted by atomic mass is 10.2. The standard InChI is InChI=1S/C16H20FN3/c1-18-8-2-3-16(18)13-19-9-11-20(12-10-19)15-6-4-14(17)5-7-15/h2-8H,9-13H2,1H3. The number of rotatable bonds is 3. The van der Waals surface area contributed by atoms with E-state index in [2.05, 4.69) is 39.7 Å². The molecule has 1 fully saturated rings. The number of halogens is 1. The Hall–Kier alpha value is -1.81. The largest absolute Gasteiger partial charge is 0.369 e. The molecule has 4 heteroatoms. The minimum absolute atomic E-state index is 0.170. The van der Waals surface area contributed by atoms with Crippen molar-refractivity contribution in [3.63, 3.8) is 0 Å². The summed E-state index contributed by atoms with van der Waals surface area (Å²) in [6, 6.07) is 11.1. The van der Waals surface area contributed by atoms with Crippen LogP contribution in [0.5, 0.6) is 0 Å². The molecule has 1 aliphatic heterocycles. The maximum absolute atomic E-state index is 12.9. The van der Waals surface area contributed by atoms with Crippen molar-refractivity contribution in [1.82, 2.24) is 9.47 Å². The molecule has 0 bridgehead atoms. The molecule has 0 spiro atoms. The van der Waals surface area contributed by atoms with E-state index in [1.807, 2.05) is 12.1 Å². The summed E-state index contributed by atoms with van der Waals surface area (Å²) in [7, 11) is 2.09. The summed E-state index contributed by atoms with van der Waals surface area (Å²) in [4.78, 5) is 4.79. The molecule has 1 aliphatic rings. The van der Waals surface area contributed by atoms with Gasteiger partial charge in [0.05, 0.1) is 0 Å². The molecular weight excluding hydrogens is 253 g/mol. The van der Waals surface area contributed by atoms with E-state index in [9.17, 15) is 4.39 Å². The Labute approximate surface area is 119 Å². The molecule has 1 saturated heterocycles. The number of aromatic nitrogens is 1. The van der Waals surface area contributed by atoms with Gasteiger partial charge in [-0.3, -0.25) is 4.90 Å². The third kappa shape index (κ3) is 2.85. The van der Waals surface area contributed by atoms with Crippen LogP contribution in [0.4, 0.5) is 10.1 Å². The predicted octanol–water partition coefficient (Wildman–Crippen LogP) is 2.49. The smallest absolute Gasteiger partial charge is 0.123 e. The predicted molar refractivity (Wildman–Crippen MR) is 79.3 cm³/mol. The second-order valence-electron chi connectivity index (χ2n) is 5.35. The van der Waals surface area contributed by atoms with E-state index < -0.39 is 0 Å². The normalized spacial score (nSPS) is 16.6. The molecule has 0 N–H and O–H groups in total. The Balaban J connectivity index is 1.57. The van der Waals surface area contributed by atoms with Crippen LogP contribution in [-0.2, 0) is 13.6 Å². The third-order valence-electron chi connectivity index (χ3n) is 4.00. The molecule has 20 heavy (non-hydrogen) atoms. The van der Waals surface area contributed by atoms with Crippen molar-refractivity contribution < 1.29 is 4.39 Å². The van der Waals surface area contributed by atoms with Gasteiger partial charge in [-0.15, -0.1) is 0 Å². The molecule has 0 saturated carbocycles. The number of piperazine rings is 1. The van der Waals surface area contributed by atoms with E-state index in [0.717, 1.165) is 38.4 Å². The molecule has 0 radical (unpaired) electrons. The van der Waals surface area contributed by atoms with Gasteiger partial charge in [0.25, 0.3) is 0 Å². The molecule has 2 aromatic rings. The first kappa shape index (κ1) is 13.2. The number of hydrogen-bond donors (Lipinski definition) is 0. The molecule has 0 atom stereocenters. The summed E-state index contributed by atoms with van der Waals surface area (Å²) in [6.45, 7) is 5.08. The zero-order chi connectivity index (χ0) is 13.9. The Bertz CT molecular complexity index is 553. The van der Waals surface area contributed by atoms with Gasteiger partial charge in [-0.25, -0.2) is 4.39 Å². The first-order valence-corrected chi connectivity index (χ1v) is 7.05. The summed E-state index contributed by atoms with van der Waals surface area (Å²) >= 11 is 0. The molecule has 0 unspecified atom stereocenters. The molecule has 2 heterocycles. The highest BCUT2D eigenvalue weighted by Gasteiger charge is 2.17. The lowest BCUT2D eigenvalue weighted by Gasteiger charge is -2.36. The second kappa shape index (κ2) is 5.67. The quantitative estimate of drug-likeness (QED) is 0.851. The topological polar surface area (TPSA) is 11.4 Å². The SMILES string of the molecule is Cn1cccc1CN1CCN(c2ccc(F)cc2)CC1. The minimum atomic E-state index is -0.170. The van der Waals surface area contributed by atoms with Crippen molar-refractivity contribution in [3.8, 4) is 0 Å². The van der Waals surface area contributed by atoms with Gasteiger partial charge in [0.1, 0.15) is 5.82 Å². The average molecular weight is 273 g/mol. The van der Waals surface area contributed by atoms with Gasteiger partial charge in [0, 0.05) is 57.3 Å². The summed E-state index contributed by atoms with van der Waals surface area (Å²) in [5.74, 6) is -0.170. The first-order valence-electron chi connectivity index (χ1n) is 7.05. The molecule has 0 amide bonds. The van der Waals surface area contributed by atoms with E-state index in [1.54, 1.807) is 0 Å². The van der Waals surface area contributed by atoms with Crippen molar-refractivity contribution in [2.45, 2.75) is 6.54 Å². The number of aryl methyl sites for hydroxylation is 1. The summed E-state index contributed by atoms with van der Waals surface area (Å²) in [5, 5.41) is 0. The number of hydrogen-bond acceptors (Lipinski definition) is 2. The minimum Gasteiger partial charge on any atom is -0.369 e. The van der Waals surface area contributed by atoms with Gasteiger partial charge in [-0.2, -0.15) is 0 Å². The number of benzene rings is 1. The van der Waals surface area contributed by atoms with Crippen LogP contribution in [0.15, 0.2) is 42.6 Å². The van der Waals surface area contributed by atoms with E-state index in [1.165, 1.54) is 17.8 Å². The lowest BCUT2D eigenvalue weighted by molar-refractivity contribution is 0.245. The second-order valence-corrected chi connectivity index (χ2v) is 5.35. The van der Waals surface area contributed by atoms with Gasteiger partial charge in [0.2, 0.25) is 0 Å². The summed E-state index contributed by atoms with van der Waals surface area (Å²) < 4.78 is 15.1. The van der Waals surface area contributed by atoms with Crippen LogP contribution in [0, 0.1) is 5.82 Å². The van der Waals surface area contributed by atoms with Crippen LogP contribution in [0.3, 0.4) is 0 Å². The number of nitrogens with zero attached hydrogens (tertiary/aromatic N) is 3. The summed E-state index contributed by atoms with van der Waals surface area (Å²) in [5.41, 5.74) is 2.46. The maximum atomic E-state index is 12.9. The lowest BCUT2D eigenvalue weighted by Crippen LogP contribution is -2.46. The van der Waals surface area contributed by atoms with Gasteiger partial charge < -0.3 is 9.47 Å². The highest BCUT2D eigenvalue weighted by atomic mass is 19.1. The van der Waals surface area contributed by atoms with Gasteiger partial charge in [0.15, 0.2) is 0 Å². The van der Waals surface area contributed by atoms with E-state index >= 15 is 0 Å². The Morgan fingerprint density at radius 3 is 2.30 bits per heavy atom. The number of anilines is 1. The molecular formula is C16H20FN3. The van der Waals surface area contributed by atoms with Gasteiger partial charge in [-0.1, -0.05) is 0 Å². The van der Waals surface area contributed by atoms with Crippen LogP contribution in [0.25, 0.3) is 0 Å². The highest BCUT2D eigenvalue weighted by Crippen LogP contribution is 2.17. The zero-order valence-corrected chi connectivity index (χ0v) is 11.8. The maximum Gasteiger partial charge on any atom is 0.123 e. The van der Waals surface area contributed by atoms with Crippen molar-refractivity contribution in [1.29, 1.82) is 0 Å². The van der Waals surface area contributed by atoms with Crippen molar-refractivity contribution in [2.24, 2.45) is 7.05 Å². The van der Waals surface area contributed by atoms with Crippen LogP contribution < -0.4 is 4.90 Å². The highest BCUT2D eigenvalue weighted by molar-refractivity contribution is 5.46. The fraction of sp³-hybridized carbons (Fsp3) is 0.375. The molecule has 106 valence electrons. The van der Waals surface area contributed by atoms with Crippen molar-refractivity contribution >= 4 is 5.69 Å². The summed E-state index contributed by atoms with van der Waals surface area (Å²) in [6.07, 6.45) is 2.09. The van der Waals surface area contributed by atoms with E-state index in [-0.39, 0.29) is 5.82 Å². The van der Waals surface area contributed by atoms with Gasteiger partial charge >= 0.3 is 0 Å². The van der Waals surface area contributed by atoms with Gasteiger partial charge in [-0.05, 0) is 36.4 Å². The van der Waals surface area contributed by atoms with Crippen molar-refractivity contribution in [3.05, 3.63) is 54.1 Å². The molecule has 1 aromatic heterocycles. The van der Waals surface area contributed by atoms with Crippen LogP contribution >= 0.6 is 0 Å². The third-order valence-corrected chi connectivity index (χ3v) is 4.00. The Morgan fingerprint density at radius 2 is 1.70 bits per heavy atom. The van der Waals surface area contributed by atoms with Crippen LogP contribution in [0.2, 0.25) is 0 Å². The molecule has 3 nitrogen and oxygen atoms in total.